The summed E-state index contributed by atoms with van der Waals surface area (Å²) in [4.78, 5) is 25.8. The lowest BCUT2D eigenvalue weighted by Gasteiger charge is -2.30. The van der Waals surface area contributed by atoms with E-state index in [-0.39, 0.29) is 56.3 Å². The van der Waals surface area contributed by atoms with Crippen LogP contribution < -0.4 is 0 Å². The zero-order valence-electron chi connectivity index (χ0n) is 40.3. The number of phenolic OH excluding ortho intramolecular Hbond substituents is 2. The summed E-state index contributed by atoms with van der Waals surface area (Å²) in [5.41, 5.74) is 4.71. The van der Waals surface area contributed by atoms with Gasteiger partial charge < -0.3 is 24.4 Å². The zero-order valence-corrected chi connectivity index (χ0v) is 41.9. The Morgan fingerprint density at radius 2 is 0.797 bits per heavy atom. The van der Waals surface area contributed by atoms with Crippen LogP contribution in [-0.2, 0) is 58.3 Å². The molecule has 0 aliphatic carbocycles. The fourth-order valence-electron chi connectivity index (χ4n) is 6.90. The van der Waals surface area contributed by atoms with Crippen molar-refractivity contribution >= 4 is 35.5 Å². The second-order valence-corrected chi connectivity index (χ2v) is 24.8. The van der Waals surface area contributed by atoms with Crippen molar-refractivity contribution in [2.45, 2.75) is 159 Å². The van der Waals surface area contributed by atoms with Gasteiger partial charge in [0.2, 0.25) is 0 Å². The Morgan fingerprint density at radius 3 is 1.05 bits per heavy atom. The highest BCUT2D eigenvalue weighted by atomic mass is 32.2. The summed E-state index contributed by atoms with van der Waals surface area (Å²) < 4.78 is 17.5. The Kier molecular flexibility index (Phi) is 18.9. The van der Waals surface area contributed by atoms with Crippen LogP contribution in [0.4, 0.5) is 0 Å². The van der Waals surface area contributed by atoms with Gasteiger partial charge in [0.05, 0.1) is 38.3 Å². The third-order valence-corrected chi connectivity index (χ3v) is 12.8. The molecular weight excluding hydrogens is 777 g/mol. The molecule has 2 rings (SSSR count). The van der Waals surface area contributed by atoms with Gasteiger partial charge in [0, 0.05) is 33.8 Å². The van der Waals surface area contributed by atoms with Crippen LogP contribution in [0.2, 0.25) is 0 Å². The normalized spacial score (nSPS) is 14.3. The number of aromatic hydroxyl groups is 2. The maximum Gasteiger partial charge on any atom is 0.309 e. The van der Waals surface area contributed by atoms with Crippen molar-refractivity contribution in [2.75, 3.05) is 49.4 Å². The van der Waals surface area contributed by atoms with Gasteiger partial charge in [-0.25, -0.2) is 0 Å². The van der Waals surface area contributed by atoms with Crippen molar-refractivity contribution in [1.82, 2.24) is 0 Å². The van der Waals surface area contributed by atoms with E-state index in [4.69, 9.17) is 14.2 Å². The van der Waals surface area contributed by atoms with Gasteiger partial charge in [-0.2, -0.15) is 23.5 Å². The monoisotopic (exact) mass is 859 g/mol. The molecule has 7 nitrogen and oxygen atoms in total. The minimum absolute atomic E-state index is 0.183. The molecule has 2 aromatic rings. The smallest absolute Gasteiger partial charge is 0.309 e. The molecule has 0 spiro atoms. The molecule has 0 radical (unpaired) electrons. The first kappa shape index (κ1) is 52.8. The van der Waals surface area contributed by atoms with Crippen molar-refractivity contribution in [3.63, 3.8) is 0 Å². The molecular formula is C50H82O7S2. The summed E-state index contributed by atoms with van der Waals surface area (Å²) in [5, 5.41) is 22.2. The molecule has 0 saturated heterocycles. The lowest BCUT2D eigenvalue weighted by Crippen LogP contribution is -2.28. The van der Waals surface area contributed by atoms with Gasteiger partial charge in [0.25, 0.3) is 0 Å². The molecule has 336 valence electrons. The maximum atomic E-state index is 12.9. The number of benzene rings is 2. The Labute approximate surface area is 368 Å². The fraction of sp³-hybridized carbons (Fsp3) is 0.720. The molecule has 2 atom stereocenters. The summed E-state index contributed by atoms with van der Waals surface area (Å²) in [6.45, 7) is 39.6. The lowest BCUT2D eigenvalue weighted by molar-refractivity contribution is -0.151. The molecule has 59 heavy (non-hydrogen) atoms. The van der Waals surface area contributed by atoms with E-state index in [1.165, 1.54) is 0 Å². The van der Waals surface area contributed by atoms with Crippen LogP contribution in [0.15, 0.2) is 24.3 Å². The van der Waals surface area contributed by atoms with Gasteiger partial charge in [-0.15, -0.1) is 0 Å². The van der Waals surface area contributed by atoms with Crippen LogP contribution in [0, 0.1) is 22.7 Å². The van der Waals surface area contributed by atoms with Crippen LogP contribution >= 0.6 is 23.5 Å². The van der Waals surface area contributed by atoms with Crippen molar-refractivity contribution in [3.8, 4) is 11.5 Å². The fourth-order valence-corrected chi connectivity index (χ4v) is 8.68. The van der Waals surface area contributed by atoms with Crippen LogP contribution in [0.1, 0.15) is 158 Å². The molecule has 2 unspecified atom stereocenters. The number of phenols is 2. The van der Waals surface area contributed by atoms with Crippen molar-refractivity contribution < 1.29 is 34.0 Å². The number of ether oxygens (including phenoxy) is 3. The van der Waals surface area contributed by atoms with Crippen LogP contribution in [0.5, 0.6) is 11.5 Å². The third kappa shape index (κ3) is 17.5. The molecule has 2 N–H and O–H groups in total. The summed E-state index contributed by atoms with van der Waals surface area (Å²) in [6, 6.07) is 8.44. The molecule has 0 bridgehead atoms. The highest BCUT2D eigenvalue weighted by Gasteiger charge is 2.31. The molecule has 0 aromatic heterocycles. The van der Waals surface area contributed by atoms with Gasteiger partial charge in [-0.05, 0) is 67.9 Å². The molecule has 0 fully saturated rings. The van der Waals surface area contributed by atoms with Gasteiger partial charge in [0.15, 0.2) is 0 Å². The highest BCUT2D eigenvalue weighted by molar-refractivity contribution is 7.99. The van der Waals surface area contributed by atoms with E-state index < -0.39 is 0 Å². The number of carbonyl (C=O) groups excluding carboxylic acids is 2. The lowest BCUT2D eigenvalue weighted by atomic mass is 9.76. The zero-order chi connectivity index (χ0) is 45.4. The molecule has 0 aliphatic rings. The number of hydrogen-bond acceptors (Lipinski definition) is 9. The first-order valence-corrected chi connectivity index (χ1v) is 23.9. The van der Waals surface area contributed by atoms with Crippen LogP contribution in [0.25, 0.3) is 0 Å². The van der Waals surface area contributed by atoms with E-state index >= 15 is 0 Å². The largest absolute Gasteiger partial charge is 0.507 e. The van der Waals surface area contributed by atoms with E-state index in [0.29, 0.717) is 49.4 Å². The van der Waals surface area contributed by atoms with Crippen molar-refractivity contribution in [3.05, 3.63) is 57.6 Å². The number of hydrogen-bond donors (Lipinski definition) is 2. The topological polar surface area (TPSA) is 102 Å². The molecule has 0 aliphatic heterocycles. The first-order valence-electron chi connectivity index (χ1n) is 21.6. The van der Waals surface area contributed by atoms with E-state index in [1.54, 1.807) is 23.5 Å². The first-order chi connectivity index (χ1) is 26.7. The SMILES string of the molecule is CC(CSCCOCCSCC(C)C(=O)OCC(C)(C)Cc1cc(C(C)(C)C)c(O)c(C(C)(C)C)c1)C(=O)OCC(C)(C)Cc1cc(C(C)(C)C)c(O)c(C(C)(C)C)c1. The second kappa shape index (κ2) is 21.1. The van der Waals surface area contributed by atoms with Crippen molar-refractivity contribution in [1.29, 1.82) is 0 Å². The quantitative estimate of drug-likeness (QED) is 0.0995. The summed E-state index contributed by atoms with van der Waals surface area (Å²) in [7, 11) is 0. The second-order valence-electron chi connectivity index (χ2n) is 22.5. The van der Waals surface area contributed by atoms with Gasteiger partial charge in [-0.1, -0.05) is 149 Å². The molecule has 9 heteroatoms. The van der Waals surface area contributed by atoms with Crippen LogP contribution in [0.3, 0.4) is 0 Å². The number of esters is 2. The Balaban J connectivity index is 1.70. The van der Waals surface area contributed by atoms with Gasteiger partial charge in [-0.3, -0.25) is 9.59 Å². The van der Waals surface area contributed by atoms with E-state index in [9.17, 15) is 19.8 Å². The predicted octanol–water partition coefficient (Wildman–Crippen LogP) is 12.0. The Bertz CT molecular complexity index is 1490. The predicted molar refractivity (Wildman–Crippen MR) is 252 cm³/mol. The summed E-state index contributed by atoms with van der Waals surface area (Å²) in [6.07, 6.45) is 1.46. The Hall–Kier alpha value is -2.36. The third-order valence-electron chi connectivity index (χ3n) is 10.4. The van der Waals surface area contributed by atoms with E-state index in [1.807, 2.05) is 13.8 Å². The maximum absolute atomic E-state index is 12.9. The highest BCUT2D eigenvalue weighted by Crippen LogP contribution is 2.42. The number of rotatable bonds is 20. The molecule has 0 heterocycles. The number of thioether (sulfide) groups is 2. The Morgan fingerprint density at radius 1 is 0.525 bits per heavy atom. The van der Waals surface area contributed by atoms with Gasteiger partial charge in [0.1, 0.15) is 11.5 Å². The minimum atomic E-state index is -0.270. The van der Waals surface area contributed by atoms with Crippen LogP contribution in [-0.4, -0.2) is 71.6 Å². The van der Waals surface area contributed by atoms with Gasteiger partial charge >= 0.3 is 11.9 Å². The molecule has 0 amide bonds. The van der Waals surface area contributed by atoms with Crippen molar-refractivity contribution in [2.24, 2.45) is 22.7 Å². The minimum Gasteiger partial charge on any atom is -0.507 e. The molecule has 0 saturated carbocycles. The average Bonchev–Trinajstić information content (AvgIpc) is 3.07. The van der Waals surface area contributed by atoms with E-state index in [0.717, 1.165) is 57.7 Å². The number of carbonyl (C=O) groups is 2. The average molecular weight is 859 g/mol. The molecule has 2 aromatic carbocycles. The standard InChI is InChI=1S/C50H82O7S2/c1-33(43(53)56-31-49(15,16)27-35-23-37(45(3,4)5)41(51)38(24-35)46(6,7)8)29-58-21-19-55-20-22-59-30-34(2)44(54)57-32-50(17,18)28-36-25-39(47(9,10)11)42(52)40(26-36)48(12,13)14/h23-26,33-34,51-52H,19-22,27-32H2,1-18H3. The van der Waals surface area contributed by atoms with E-state index in [2.05, 4.69) is 135 Å². The summed E-state index contributed by atoms with van der Waals surface area (Å²) in [5.74, 6) is 2.86. The summed E-state index contributed by atoms with van der Waals surface area (Å²) >= 11 is 3.38.